The van der Waals surface area contributed by atoms with Crippen molar-refractivity contribution in [1.29, 1.82) is 0 Å². The molecule has 3 aromatic carbocycles. The molecule has 2 nitrogen and oxygen atoms in total. The highest BCUT2D eigenvalue weighted by Crippen LogP contribution is 2.27. The monoisotopic (exact) mass is 336 g/mol. The standard InChI is InChI=1S/C21H17ClO2/c1-14-4-3-5-17(12-14)18-8-11-20(15(2)13-18)24-21(23)16-6-9-19(22)10-7-16/h3-13H,1-2H3. The Morgan fingerprint density at radius 1 is 0.875 bits per heavy atom. The van der Waals surface area contributed by atoms with Gasteiger partial charge in [0, 0.05) is 5.02 Å². The molecule has 0 radical (unpaired) electrons. The molecule has 120 valence electrons. The van der Waals surface area contributed by atoms with Crippen molar-refractivity contribution in [3.05, 3.63) is 88.4 Å². The van der Waals surface area contributed by atoms with Gasteiger partial charge in [-0.1, -0.05) is 47.5 Å². The normalized spacial score (nSPS) is 10.5. The molecule has 0 amide bonds. The maximum absolute atomic E-state index is 12.2. The van der Waals surface area contributed by atoms with E-state index in [1.165, 1.54) is 5.56 Å². The largest absolute Gasteiger partial charge is 0.423 e. The molecular weight excluding hydrogens is 320 g/mol. The van der Waals surface area contributed by atoms with Crippen molar-refractivity contribution < 1.29 is 9.53 Å². The van der Waals surface area contributed by atoms with Gasteiger partial charge in [0.2, 0.25) is 0 Å². The molecule has 0 aliphatic carbocycles. The molecular formula is C21H17ClO2. The Labute approximate surface area is 146 Å². The second-order valence-electron chi connectivity index (χ2n) is 5.75. The van der Waals surface area contributed by atoms with Crippen LogP contribution in [-0.4, -0.2) is 5.97 Å². The smallest absolute Gasteiger partial charge is 0.343 e. The molecule has 0 aliphatic rings. The van der Waals surface area contributed by atoms with Crippen molar-refractivity contribution in [1.82, 2.24) is 0 Å². The van der Waals surface area contributed by atoms with Gasteiger partial charge in [-0.05, 0) is 66.9 Å². The van der Waals surface area contributed by atoms with Crippen LogP contribution in [0.25, 0.3) is 11.1 Å². The van der Waals surface area contributed by atoms with Crippen LogP contribution in [0.15, 0.2) is 66.7 Å². The van der Waals surface area contributed by atoms with Crippen LogP contribution < -0.4 is 4.74 Å². The van der Waals surface area contributed by atoms with Crippen LogP contribution in [-0.2, 0) is 0 Å². The summed E-state index contributed by atoms with van der Waals surface area (Å²) in [5, 5.41) is 0.588. The Balaban J connectivity index is 1.82. The van der Waals surface area contributed by atoms with Gasteiger partial charge in [-0.25, -0.2) is 4.79 Å². The predicted molar refractivity (Wildman–Crippen MR) is 97.8 cm³/mol. The zero-order valence-electron chi connectivity index (χ0n) is 13.5. The number of aryl methyl sites for hydroxylation is 2. The summed E-state index contributed by atoms with van der Waals surface area (Å²) in [7, 11) is 0. The van der Waals surface area contributed by atoms with E-state index in [1.807, 2.05) is 31.2 Å². The number of ether oxygens (including phenoxy) is 1. The van der Waals surface area contributed by atoms with E-state index in [4.69, 9.17) is 16.3 Å². The minimum atomic E-state index is -0.391. The first-order valence-electron chi connectivity index (χ1n) is 7.68. The minimum absolute atomic E-state index is 0.391. The highest BCUT2D eigenvalue weighted by molar-refractivity contribution is 6.30. The highest BCUT2D eigenvalue weighted by Gasteiger charge is 2.11. The Kier molecular flexibility index (Phi) is 4.68. The quantitative estimate of drug-likeness (QED) is 0.443. The summed E-state index contributed by atoms with van der Waals surface area (Å²) in [6.07, 6.45) is 0. The molecule has 0 N–H and O–H groups in total. The number of rotatable bonds is 3. The maximum Gasteiger partial charge on any atom is 0.343 e. The first-order chi connectivity index (χ1) is 11.5. The number of hydrogen-bond acceptors (Lipinski definition) is 2. The SMILES string of the molecule is Cc1cccc(-c2ccc(OC(=O)c3ccc(Cl)cc3)c(C)c2)c1. The summed E-state index contributed by atoms with van der Waals surface area (Å²) >= 11 is 5.84. The summed E-state index contributed by atoms with van der Waals surface area (Å²) in [6.45, 7) is 4.00. The molecule has 0 fully saturated rings. The van der Waals surface area contributed by atoms with Crippen LogP contribution in [0, 0.1) is 13.8 Å². The molecule has 0 unspecified atom stereocenters. The first kappa shape index (κ1) is 16.3. The summed E-state index contributed by atoms with van der Waals surface area (Å²) in [6, 6.07) is 20.8. The lowest BCUT2D eigenvalue weighted by Crippen LogP contribution is -2.09. The van der Waals surface area contributed by atoms with Crippen molar-refractivity contribution in [2.75, 3.05) is 0 Å². The lowest BCUT2D eigenvalue weighted by molar-refractivity contribution is 0.0733. The molecule has 0 aromatic heterocycles. The van der Waals surface area contributed by atoms with Crippen molar-refractivity contribution in [3.63, 3.8) is 0 Å². The number of carbonyl (C=O) groups is 1. The molecule has 3 rings (SSSR count). The van der Waals surface area contributed by atoms with Crippen LogP contribution in [0.3, 0.4) is 0 Å². The lowest BCUT2D eigenvalue weighted by Gasteiger charge is -2.10. The van der Waals surface area contributed by atoms with Gasteiger partial charge in [-0.2, -0.15) is 0 Å². The summed E-state index contributed by atoms with van der Waals surface area (Å²) in [5.74, 6) is 0.171. The average molecular weight is 337 g/mol. The molecule has 0 spiro atoms. The predicted octanol–water partition coefficient (Wildman–Crippen LogP) is 5.84. The number of benzene rings is 3. The third kappa shape index (κ3) is 3.66. The van der Waals surface area contributed by atoms with Gasteiger partial charge in [-0.3, -0.25) is 0 Å². The second kappa shape index (κ2) is 6.90. The molecule has 0 atom stereocenters. The van der Waals surface area contributed by atoms with Crippen molar-refractivity contribution in [2.24, 2.45) is 0 Å². The van der Waals surface area contributed by atoms with E-state index in [0.29, 0.717) is 16.3 Å². The third-order valence-electron chi connectivity index (χ3n) is 3.81. The summed E-state index contributed by atoms with van der Waals surface area (Å²) < 4.78 is 5.50. The average Bonchev–Trinajstić information content (AvgIpc) is 2.57. The Morgan fingerprint density at radius 3 is 2.25 bits per heavy atom. The lowest BCUT2D eigenvalue weighted by atomic mass is 10.0. The van der Waals surface area contributed by atoms with E-state index >= 15 is 0 Å². The van der Waals surface area contributed by atoms with Gasteiger partial charge in [-0.15, -0.1) is 0 Å². The number of halogens is 1. The van der Waals surface area contributed by atoms with Crippen LogP contribution in [0.2, 0.25) is 5.02 Å². The Hall–Kier alpha value is -2.58. The molecule has 3 aromatic rings. The van der Waals surface area contributed by atoms with Gasteiger partial charge in [0.25, 0.3) is 0 Å². The van der Waals surface area contributed by atoms with Crippen molar-refractivity contribution in [2.45, 2.75) is 13.8 Å². The first-order valence-corrected chi connectivity index (χ1v) is 8.06. The van der Waals surface area contributed by atoms with E-state index in [1.54, 1.807) is 24.3 Å². The summed E-state index contributed by atoms with van der Waals surface area (Å²) in [5.41, 5.74) is 4.84. The van der Waals surface area contributed by atoms with E-state index in [9.17, 15) is 4.79 Å². The molecule has 3 heteroatoms. The summed E-state index contributed by atoms with van der Waals surface area (Å²) in [4.78, 5) is 12.2. The maximum atomic E-state index is 12.2. The fraction of sp³-hybridized carbons (Fsp3) is 0.0952. The number of hydrogen-bond donors (Lipinski definition) is 0. The van der Waals surface area contributed by atoms with Crippen LogP contribution in [0.4, 0.5) is 0 Å². The van der Waals surface area contributed by atoms with E-state index < -0.39 is 5.97 Å². The zero-order valence-corrected chi connectivity index (χ0v) is 14.3. The van der Waals surface area contributed by atoms with Gasteiger partial charge in [0.05, 0.1) is 5.56 Å². The molecule has 0 saturated heterocycles. The fourth-order valence-corrected chi connectivity index (χ4v) is 2.64. The van der Waals surface area contributed by atoms with Gasteiger partial charge < -0.3 is 4.74 Å². The topological polar surface area (TPSA) is 26.3 Å². The molecule has 0 aliphatic heterocycles. The zero-order chi connectivity index (χ0) is 17.1. The van der Waals surface area contributed by atoms with Crippen molar-refractivity contribution in [3.8, 4) is 16.9 Å². The molecule has 24 heavy (non-hydrogen) atoms. The fourth-order valence-electron chi connectivity index (χ4n) is 2.51. The van der Waals surface area contributed by atoms with Crippen LogP contribution >= 0.6 is 11.6 Å². The molecule has 0 bridgehead atoms. The number of esters is 1. The van der Waals surface area contributed by atoms with Crippen molar-refractivity contribution >= 4 is 17.6 Å². The highest BCUT2D eigenvalue weighted by atomic mass is 35.5. The van der Waals surface area contributed by atoms with E-state index in [0.717, 1.165) is 16.7 Å². The van der Waals surface area contributed by atoms with Gasteiger partial charge in [0.1, 0.15) is 5.75 Å². The Bertz CT molecular complexity index is 883. The number of carbonyl (C=O) groups excluding carboxylic acids is 1. The Morgan fingerprint density at radius 2 is 1.58 bits per heavy atom. The molecule has 0 saturated carbocycles. The van der Waals surface area contributed by atoms with E-state index in [-0.39, 0.29) is 0 Å². The molecule has 0 heterocycles. The minimum Gasteiger partial charge on any atom is -0.423 e. The van der Waals surface area contributed by atoms with E-state index in [2.05, 4.69) is 25.1 Å². The van der Waals surface area contributed by atoms with Gasteiger partial charge >= 0.3 is 5.97 Å². The third-order valence-corrected chi connectivity index (χ3v) is 4.06. The van der Waals surface area contributed by atoms with Crippen LogP contribution in [0.5, 0.6) is 5.75 Å². The van der Waals surface area contributed by atoms with Crippen LogP contribution in [0.1, 0.15) is 21.5 Å². The second-order valence-corrected chi connectivity index (χ2v) is 6.18. The van der Waals surface area contributed by atoms with Gasteiger partial charge in [0.15, 0.2) is 0 Å².